The van der Waals surface area contributed by atoms with Crippen molar-refractivity contribution in [1.29, 1.82) is 0 Å². The molecule has 55 heavy (non-hydrogen) atoms. The molecule has 0 saturated heterocycles. The largest absolute Gasteiger partial charge is 0.490 e. The molecule has 2 aromatic carbocycles. The van der Waals surface area contributed by atoms with Gasteiger partial charge in [-0.25, -0.2) is 19.7 Å². The number of carbonyl (C=O) groups is 2. The number of anilines is 1. The number of carboxylic acid groups (broad SMARTS) is 1. The number of rotatable bonds is 10. The summed E-state index contributed by atoms with van der Waals surface area (Å²) < 4.78 is 35.0. The second-order valence-corrected chi connectivity index (χ2v) is 13.7. The molecule has 0 unspecified atom stereocenters. The first-order chi connectivity index (χ1) is 26.3. The van der Waals surface area contributed by atoms with Gasteiger partial charge in [0.15, 0.2) is 11.5 Å². The van der Waals surface area contributed by atoms with Gasteiger partial charge in [-0.3, -0.25) is 9.48 Å². The average molecular weight is 766 g/mol. The summed E-state index contributed by atoms with van der Waals surface area (Å²) in [6.45, 7) is 0.287. The summed E-state index contributed by atoms with van der Waals surface area (Å²) in [5.74, 6) is -2.78. The van der Waals surface area contributed by atoms with E-state index in [4.69, 9.17) is 25.6 Å². The Morgan fingerprint density at radius 1 is 0.927 bits per heavy atom. The molecule has 0 aliphatic heterocycles. The number of aliphatic hydroxyl groups excluding tert-OH is 3. The van der Waals surface area contributed by atoms with Crippen molar-refractivity contribution >= 4 is 28.9 Å². The Morgan fingerprint density at radius 2 is 1.53 bits per heavy atom. The Kier molecular flexibility index (Phi) is 12.1. The Hall–Kier alpha value is -5.43. The molecular weight excluding hydrogens is 723 g/mol. The minimum absolute atomic E-state index is 0.0122. The van der Waals surface area contributed by atoms with E-state index in [1.54, 1.807) is 21.8 Å². The Morgan fingerprint density at radius 3 is 2.09 bits per heavy atom. The Balaban J connectivity index is 0.000000672. The molecular formula is C37H42F3N9O6. The van der Waals surface area contributed by atoms with Crippen LogP contribution in [0.2, 0.25) is 0 Å². The van der Waals surface area contributed by atoms with Gasteiger partial charge in [0, 0.05) is 36.3 Å². The monoisotopic (exact) mass is 765 g/mol. The van der Waals surface area contributed by atoms with E-state index in [0.29, 0.717) is 35.5 Å². The predicted octanol–water partition coefficient (Wildman–Crippen LogP) is 3.30. The molecule has 2 saturated carbocycles. The van der Waals surface area contributed by atoms with Crippen molar-refractivity contribution < 1.29 is 43.2 Å². The van der Waals surface area contributed by atoms with Crippen LogP contribution in [-0.4, -0.2) is 98.6 Å². The molecule has 7 rings (SSSR count). The number of hydrogen-bond acceptors (Lipinski definition) is 11. The third-order valence-corrected chi connectivity index (χ3v) is 10.0. The number of aliphatic carboxylic acids is 1. The minimum atomic E-state index is -5.08. The number of fused-ring (bicyclic) bond motifs is 1. The molecule has 0 radical (unpaired) electrons. The van der Waals surface area contributed by atoms with Crippen LogP contribution in [0.4, 0.5) is 19.0 Å². The number of alkyl halides is 3. The number of nitrogens with zero attached hydrogens (tertiary/aromatic N) is 6. The van der Waals surface area contributed by atoms with Gasteiger partial charge in [-0.15, -0.1) is 0 Å². The topological polar surface area (TPSA) is 227 Å². The maximum Gasteiger partial charge on any atom is 0.490 e. The SMILES string of the molecule is NC1CCC(NC(=O)c2nc(NCC(c3ccccc3)c3ccccc3)c3ncn([C@@H]4C[C@H](n5cc(CO)cn5)[C@@H](O)[C@H]4O)c3n2)CC1.O=C(O)C(F)(F)F. The van der Waals surface area contributed by atoms with Crippen LogP contribution in [0.3, 0.4) is 0 Å². The van der Waals surface area contributed by atoms with Crippen molar-refractivity contribution in [2.75, 3.05) is 11.9 Å². The normalized spacial score (nSPS) is 22.6. The molecule has 3 heterocycles. The summed E-state index contributed by atoms with van der Waals surface area (Å²) >= 11 is 0. The standard InChI is InChI=1S/C35H41N9O4.C2HF3O2/c36-24-11-13-25(14-12-24)40-35(48)33-41-32(37-17-26(22-7-3-1-4-8-22)23-9-5-2-6-10-23)29-34(42-33)43(20-38-29)27-15-28(31(47)30(27)46)44-18-21(19-45)16-39-44;3-2(4,5)1(6)7/h1-10,16,18,20,24-28,30-31,45-47H,11-15,17,19,36H2,(H,40,48)(H,37,41,42);(H,6,7)/t24?,25?,27-,28+,30+,31-;/m1./s1. The molecule has 2 aliphatic rings. The highest BCUT2D eigenvalue weighted by molar-refractivity contribution is 5.94. The van der Waals surface area contributed by atoms with Crippen LogP contribution in [0.15, 0.2) is 79.4 Å². The van der Waals surface area contributed by atoms with Crippen molar-refractivity contribution in [1.82, 2.24) is 34.6 Å². The Labute approximate surface area is 313 Å². The second kappa shape index (κ2) is 16.9. The summed E-state index contributed by atoms with van der Waals surface area (Å²) in [5, 5.41) is 49.9. The quantitative estimate of drug-likeness (QED) is 0.109. The lowest BCUT2D eigenvalue weighted by atomic mass is 9.91. The van der Waals surface area contributed by atoms with E-state index in [-0.39, 0.29) is 30.4 Å². The van der Waals surface area contributed by atoms with Crippen molar-refractivity contribution in [3.8, 4) is 0 Å². The molecule has 0 bridgehead atoms. The van der Waals surface area contributed by atoms with Crippen LogP contribution in [0.1, 0.15) is 77.4 Å². The molecule has 15 nitrogen and oxygen atoms in total. The molecule has 0 spiro atoms. The van der Waals surface area contributed by atoms with E-state index in [2.05, 4.69) is 45.0 Å². The molecule has 1 amide bonds. The molecule has 4 atom stereocenters. The van der Waals surface area contributed by atoms with Gasteiger partial charge in [0.25, 0.3) is 5.91 Å². The number of aromatic nitrogens is 6. The first-order valence-electron chi connectivity index (χ1n) is 17.8. The number of nitrogens with one attached hydrogen (secondary N) is 2. The highest BCUT2D eigenvalue weighted by Crippen LogP contribution is 2.40. The number of benzene rings is 2. The fraction of sp³-hybridized carbons (Fsp3) is 0.405. The van der Waals surface area contributed by atoms with Gasteiger partial charge in [-0.2, -0.15) is 18.3 Å². The number of hydrogen-bond donors (Lipinski definition) is 7. The number of halogens is 3. The fourth-order valence-corrected chi connectivity index (χ4v) is 7.06. The van der Waals surface area contributed by atoms with Crippen molar-refractivity contribution in [2.45, 2.75) is 87.2 Å². The number of aliphatic hydroxyl groups is 3. The summed E-state index contributed by atoms with van der Waals surface area (Å²) in [4.78, 5) is 36.6. The lowest BCUT2D eigenvalue weighted by Gasteiger charge is -2.26. The predicted molar refractivity (Wildman–Crippen MR) is 193 cm³/mol. The van der Waals surface area contributed by atoms with Gasteiger partial charge in [-0.1, -0.05) is 60.7 Å². The van der Waals surface area contributed by atoms with Crippen molar-refractivity contribution in [2.24, 2.45) is 5.73 Å². The highest BCUT2D eigenvalue weighted by atomic mass is 19.4. The van der Waals surface area contributed by atoms with Crippen LogP contribution in [0.25, 0.3) is 11.2 Å². The van der Waals surface area contributed by atoms with Gasteiger partial charge >= 0.3 is 12.1 Å². The molecule has 5 aromatic rings. The van der Waals surface area contributed by atoms with Gasteiger partial charge in [-0.05, 0) is 43.2 Å². The third kappa shape index (κ3) is 9.10. The zero-order valence-electron chi connectivity index (χ0n) is 29.5. The van der Waals surface area contributed by atoms with Gasteiger partial charge in [0.2, 0.25) is 5.82 Å². The van der Waals surface area contributed by atoms with Crippen molar-refractivity contribution in [3.05, 3.63) is 102 Å². The minimum Gasteiger partial charge on any atom is -0.475 e. The maximum atomic E-state index is 13.7. The lowest BCUT2D eigenvalue weighted by Crippen LogP contribution is -2.41. The van der Waals surface area contributed by atoms with Crippen LogP contribution in [-0.2, 0) is 11.4 Å². The van der Waals surface area contributed by atoms with Crippen molar-refractivity contribution in [3.63, 3.8) is 0 Å². The zero-order valence-corrected chi connectivity index (χ0v) is 29.5. The van der Waals surface area contributed by atoms with Gasteiger partial charge in [0.05, 0.1) is 31.2 Å². The van der Waals surface area contributed by atoms with Gasteiger partial charge in [0.1, 0.15) is 17.7 Å². The van der Waals surface area contributed by atoms with E-state index in [1.807, 2.05) is 36.4 Å². The molecule has 18 heteroatoms. The number of carboxylic acids is 1. The first-order valence-corrected chi connectivity index (χ1v) is 17.8. The summed E-state index contributed by atoms with van der Waals surface area (Å²) in [6, 6.07) is 19.3. The van der Waals surface area contributed by atoms with E-state index in [1.165, 1.54) is 6.20 Å². The maximum absolute atomic E-state index is 13.7. The smallest absolute Gasteiger partial charge is 0.475 e. The van der Waals surface area contributed by atoms with E-state index in [0.717, 1.165) is 36.8 Å². The molecule has 292 valence electrons. The lowest BCUT2D eigenvalue weighted by molar-refractivity contribution is -0.192. The second-order valence-electron chi connectivity index (χ2n) is 13.7. The Bertz CT molecular complexity index is 2020. The van der Waals surface area contributed by atoms with Crippen LogP contribution < -0.4 is 16.4 Å². The van der Waals surface area contributed by atoms with E-state index in [9.17, 15) is 33.3 Å². The molecule has 8 N–H and O–H groups in total. The zero-order chi connectivity index (χ0) is 39.3. The number of amides is 1. The van der Waals surface area contributed by atoms with E-state index >= 15 is 0 Å². The van der Waals surface area contributed by atoms with Crippen LogP contribution in [0.5, 0.6) is 0 Å². The third-order valence-electron chi connectivity index (χ3n) is 10.0. The number of imidazole rings is 1. The molecule has 3 aromatic heterocycles. The van der Waals surface area contributed by atoms with Gasteiger partial charge < -0.3 is 41.4 Å². The molecule has 2 fully saturated rings. The summed E-state index contributed by atoms with van der Waals surface area (Å²) in [6.07, 6.45) is 0.963. The highest BCUT2D eigenvalue weighted by Gasteiger charge is 2.45. The van der Waals surface area contributed by atoms with Crippen LogP contribution in [0, 0.1) is 0 Å². The summed E-state index contributed by atoms with van der Waals surface area (Å²) in [5.41, 5.74) is 9.76. The first kappa shape index (κ1) is 39.3. The summed E-state index contributed by atoms with van der Waals surface area (Å²) in [7, 11) is 0. The number of carbonyl (C=O) groups excluding carboxylic acids is 1. The molecule has 2 aliphatic carbocycles. The number of nitrogens with two attached hydrogens (primary N) is 1. The average Bonchev–Trinajstić information content (AvgIpc) is 3.91. The fourth-order valence-electron chi connectivity index (χ4n) is 7.06. The van der Waals surface area contributed by atoms with E-state index < -0.39 is 42.3 Å². The van der Waals surface area contributed by atoms with Crippen LogP contribution >= 0.6 is 0 Å².